The quantitative estimate of drug-likeness (QED) is 0.192. The third kappa shape index (κ3) is 4.44. The number of aromatic nitrogens is 2. The van der Waals surface area contributed by atoms with E-state index in [4.69, 9.17) is 0 Å². The fourth-order valence-corrected chi connectivity index (χ4v) is 7.96. The highest BCUT2D eigenvalue weighted by Gasteiger charge is 2.26. The molecule has 0 bridgehead atoms. The molecular weight excluding hydrogens is 611 g/mol. The minimum atomic E-state index is -0.280. The number of nitrogens with zero attached hydrogens (tertiary/aromatic N) is 5. The standard InChI is InChI=1S/C45H29N5/c46-26-29-17-20-34(39(23-29)37-11-3-8-16-44(37)50-42-14-6-1-9-35(42)36-10-2-7-15-43(36)50)33-21-19-32(25-31(33)28-48)49-41-13-5-4-12-38(41)40-24-30(27-47)18-22-45(40)49/h1,3-9,11-16,18-25,29H,2,10,17H2. The topological polar surface area (TPSA) is 81.2 Å². The van der Waals surface area contributed by atoms with Crippen molar-refractivity contribution < 1.29 is 0 Å². The van der Waals surface area contributed by atoms with E-state index in [1.165, 1.54) is 16.6 Å². The zero-order chi connectivity index (χ0) is 33.8. The molecule has 0 saturated heterocycles. The molecule has 0 spiro atoms. The Bertz CT molecular complexity index is 2780. The third-order valence-corrected chi connectivity index (χ3v) is 10.2. The van der Waals surface area contributed by atoms with Crippen LogP contribution in [0.3, 0.4) is 0 Å². The average molecular weight is 640 g/mol. The lowest BCUT2D eigenvalue weighted by Gasteiger charge is -2.24. The van der Waals surface area contributed by atoms with E-state index in [0.717, 1.165) is 73.8 Å². The number of hydrogen-bond donors (Lipinski definition) is 0. The molecule has 1 unspecified atom stereocenters. The third-order valence-electron chi connectivity index (χ3n) is 10.2. The van der Waals surface area contributed by atoms with Crippen LogP contribution in [-0.4, -0.2) is 9.13 Å². The molecule has 1 atom stereocenters. The molecule has 0 aliphatic heterocycles. The molecule has 2 aliphatic rings. The van der Waals surface area contributed by atoms with Gasteiger partial charge in [0.1, 0.15) is 0 Å². The van der Waals surface area contributed by atoms with Crippen LogP contribution >= 0.6 is 0 Å². The highest BCUT2D eigenvalue weighted by atomic mass is 15.0. The van der Waals surface area contributed by atoms with E-state index in [1.54, 1.807) is 0 Å². The molecule has 234 valence electrons. The van der Waals surface area contributed by atoms with Crippen molar-refractivity contribution in [3.8, 4) is 29.6 Å². The molecule has 5 nitrogen and oxygen atoms in total. The van der Waals surface area contributed by atoms with Crippen LogP contribution < -0.4 is 0 Å². The fraction of sp³-hybridized carbons (Fsp3) is 0.0889. The largest absolute Gasteiger partial charge is 0.309 e. The van der Waals surface area contributed by atoms with Crippen molar-refractivity contribution in [3.63, 3.8) is 0 Å². The second-order valence-electron chi connectivity index (χ2n) is 12.9. The van der Waals surface area contributed by atoms with Gasteiger partial charge in [0.2, 0.25) is 0 Å². The van der Waals surface area contributed by atoms with Gasteiger partial charge in [0.25, 0.3) is 0 Å². The Morgan fingerprint density at radius 2 is 1.40 bits per heavy atom. The monoisotopic (exact) mass is 639 g/mol. The molecule has 0 saturated carbocycles. The van der Waals surface area contributed by atoms with E-state index in [9.17, 15) is 15.8 Å². The van der Waals surface area contributed by atoms with Gasteiger partial charge in [-0.25, -0.2) is 0 Å². The van der Waals surface area contributed by atoms with Crippen molar-refractivity contribution in [1.29, 1.82) is 15.8 Å². The first-order valence-electron chi connectivity index (χ1n) is 16.9. The molecule has 0 radical (unpaired) electrons. The Balaban J connectivity index is 1.22. The average Bonchev–Trinajstić information content (AvgIpc) is 3.70. The molecule has 0 fully saturated rings. The molecule has 5 heteroatoms. The van der Waals surface area contributed by atoms with Gasteiger partial charge in [0, 0.05) is 33.1 Å². The summed E-state index contributed by atoms with van der Waals surface area (Å²) in [5.41, 5.74) is 12.5. The zero-order valence-corrected chi connectivity index (χ0v) is 27.1. The van der Waals surface area contributed by atoms with Crippen molar-refractivity contribution in [3.05, 3.63) is 161 Å². The van der Waals surface area contributed by atoms with Gasteiger partial charge in [-0.15, -0.1) is 0 Å². The smallest absolute Gasteiger partial charge is 0.0998 e. The van der Waals surface area contributed by atoms with Gasteiger partial charge in [0.05, 0.1) is 57.5 Å². The molecule has 5 aromatic carbocycles. The highest BCUT2D eigenvalue weighted by Crippen LogP contribution is 2.43. The van der Waals surface area contributed by atoms with E-state index in [0.29, 0.717) is 17.5 Å². The van der Waals surface area contributed by atoms with Gasteiger partial charge in [-0.3, -0.25) is 0 Å². The Kier molecular flexibility index (Phi) is 6.84. The van der Waals surface area contributed by atoms with Crippen LogP contribution in [0, 0.1) is 39.9 Å². The lowest BCUT2D eigenvalue weighted by atomic mass is 9.82. The van der Waals surface area contributed by atoms with E-state index < -0.39 is 0 Å². The Hall–Kier alpha value is -6.87. The highest BCUT2D eigenvalue weighted by molar-refractivity contribution is 6.11. The lowest BCUT2D eigenvalue weighted by Crippen LogP contribution is -2.08. The first-order chi connectivity index (χ1) is 24.7. The van der Waals surface area contributed by atoms with E-state index in [2.05, 4.69) is 118 Å². The van der Waals surface area contributed by atoms with Gasteiger partial charge in [0.15, 0.2) is 0 Å². The molecule has 2 heterocycles. The molecule has 9 rings (SSSR count). The number of benzene rings is 5. The Labute approximate surface area is 289 Å². The first-order valence-corrected chi connectivity index (χ1v) is 16.9. The Morgan fingerprint density at radius 3 is 2.22 bits per heavy atom. The predicted octanol–water partition coefficient (Wildman–Crippen LogP) is 10.4. The molecule has 2 aliphatic carbocycles. The molecule has 0 N–H and O–H groups in total. The maximum atomic E-state index is 10.7. The minimum Gasteiger partial charge on any atom is -0.309 e. The number of fused-ring (bicyclic) bond motifs is 6. The van der Waals surface area contributed by atoms with E-state index >= 15 is 0 Å². The Morgan fingerprint density at radius 1 is 0.640 bits per heavy atom. The van der Waals surface area contributed by atoms with Crippen LogP contribution in [0.5, 0.6) is 0 Å². The van der Waals surface area contributed by atoms with Crippen molar-refractivity contribution in [2.75, 3.05) is 0 Å². The molecule has 0 amide bonds. The normalized spacial score (nSPS) is 15.3. The van der Waals surface area contributed by atoms with Crippen molar-refractivity contribution in [1.82, 2.24) is 9.13 Å². The number of aryl methyl sites for hydroxylation is 1. The molecule has 50 heavy (non-hydrogen) atoms. The van der Waals surface area contributed by atoms with Crippen LogP contribution in [0.2, 0.25) is 0 Å². The summed E-state index contributed by atoms with van der Waals surface area (Å²) in [6.07, 6.45) is 11.3. The molecular formula is C45H29N5. The summed E-state index contributed by atoms with van der Waals surface area (Å²) in [4.78, 5) is 0. The van der Waals surface area contributed by atoms with Crippen LogP contribution in [0.15, 0.2) is 127 Å². The zero-order valence-electron chi connectivity index (χ0n) is 27.1. The summed E-state index contributed by atoms with van der Waals surface area (Å²) in [7, 11) is 0. The number of para-hydroxylation sites is 3. The van der Waals surface area contributed by atoms with Crippen molar-refractivity contribution in [2.45, 2.75) is 19.3 Å². The van der Waals surface area contributed by atoms with Gasteiger partial charge in [-0.2, -0.15) is 15.8 Å². The van der Waals surface area contributed by atoms with Crippen LogP contribution in [-0.2, 0) is 6.42 Å². The molecule has 2 aromatic heterocycles. The van der Waals surface area contributed by atoms with Gasteiger partial charge >= 0.3 is 0 Å². The van der Waals surface area contributed by atoms with Crippen LogP contribution in [0.4, 0.5) is 0 Å². The van der Waals surface area contributed by atoms with Crippen LogP contribution in [0.1, 0.15) is 46.4 Å². The SMILES string of the molecule is N#Cc1ccc2c(c1)c1ccccc1n2-c1ccc(C2=CCC(C#N)C=C2c2ccccc2-n2c3c(c4ccccc42)CCC=C3)c(C#N)c1. The number of hydrogen-bond acceptors (Lipinski definition) is 3. The van der Waals surface area contributed by atoms with Gasteiger partial charge in [-0.1, -0.05) is 78.9 Å². The summed E-state index contributed by atoms with van der Waals surface area (Å²) >= 11 is 0. The summed E-state index contributed by atoms with van der Waals surface area (Å²) in [5.74, 6) is -0.280. The summed E-state index contributed by atoms with van der Waals surface area (Å²) in [6.45, 7) is 0. The summed E-state index contributed by atoms with van der Waals surface area (Å²) in [5, 5.41) is 33.7. The fourth-order valence-electron chi connectivity index (χ4n) is 7.96. The minimum absolute atomic E-state index is 0.280. The second kappa shape index (κ2) is 11.7. The van der Waals surface area contributed by atoms with Crippen LogP contribution in [0.25, 0.3) is 61.3 Å². The number of rotatable bonds is 4. The maximum Gasteiger partial charge on any atom is 0.0998 e. The second-order valence-corrected chi connectivity index (χ2v) is 12.9. The number of nitriles is 3. The van der Waals surface area contributed by atoms with Gasteiger partial charge in [-0.05, 0) is 96.1 Å². The maximum absolute atomic E-state index is 10.7. The van der Waals surface area contributed by atoms with Crippen molar-refractivity contribution in [2.24, 2.45) is 5.92 Å². The van der Waals surface area contributed by atoms with E-state index in [1.807, 2.05) is 42.5 Å². The van der Waals surface area contributed by atoms with E-state index in [-0.39, 0.29) is 5.92 Å². The predicted molar refractivity (Wildman–Crippen MR) is 201 cm³/mol. The summed E-state index contributed by atoms with van der Waals surface area (Å²) < 4.78 is 4.52. The van der Waals surface area contributed by atoms with Gasteiger partial charge < -0.3 is 9.13 Å². The lowest BCUT2D eigenvalue weighted by molar-refractivity contribution is 0.843. The summed E-state index contributed by atoms with van der Waals surface area (Å²) in [6, 6.07) is 44.3. The number of allylic oxidation sites excluding steroid dienone is 5. The first kappa shape index (κ1) is 29.3. The van der Waals surface area contributed by atoms with Crippen molar-refractivity contribution >= 4 is 49.9 Å². The molecule has 7 aromatic rings.